The third kappa shape index (κ3) is 4.42. The van der Waals surface area contributed by atoms with Crippen LogP contribution in [-0.2, 0) is 14.4 Å². The van der Waals surface area contributed by atoms with E-state index in [4.69, 9.17) is 0 Å². The second-order valence-electron chi connectivity index (χ2n) is 8.18. The van der Waals surface area contributed by atoms with Gasteiger partial charge in [0.1, 0.15) is 5.78 Å². The number of ketones is 1. The average Bonchev–Trinajstić information content (AvgIpc) is 2.75. The highest BCUT2D eigenvalue weighted by Crippen LogP contribution is 2.33. The van der Waals surface area contributed by atoms with E-state index in [1.54, 1.807) is 0 Å². The Balaban J connectivity index is 1.84. The molecule has 1 saturated carbocycles. The van der Waals surface area contributed by atoms with Crippen LogP contribution in [0.2, 0.25) is 0 Å². The van der Waals surface area contributed by atoms with Gasteiger partial charge in [0.15, 0.2) is 0 Å². The van der Waals surface area contributed by atoms with Gasteiger partial charge in [-0.3, -0.25) is 19.3 Å². The molecule has 0 aromatic carbocycles. The molecule has 1 atom stereocenters. The summed E-state index contributed by atoms with van der Waals surface area (Å²) in [6.45, 7) is 8.74. The molecule has 2 aliphatic rings. The zero-order valence-electron chi connectivity index (χ0n) is 15.0. The van der Waals surface area contributed by atoms with E-state index in [-0.39, 0.29) is 29.6 Å². The largest absolute Gasteiger partial charge is 0.299 e. The van der Waals surface area contributed by atoms with Crippen LogP contribution in [-0.4, -0.2) is 29.0 Å². The highest BCUT2D eigenvalue weighted by molar-refractivity contribution is 6.03. The summed E-state index contributed by atoms with van der Waals surface area (Å²) in [7, 11) is 0. The molecule has 0 spiro atoms. The fraction of sp³-hybridized carbons (Fsp3) is 0.842. The maximum atomic E-state index is 12.4. The molecule has 0 bridgehead atoms. The van der Waals surface area contributed by atoms with E-state index in [2.05, 4.69) is 13.8 Å². The standard InChI is InChI=1S/C19H31NO3/c1-12(2)9-17(21)15-7-5-14(6-8-15)11-20-18(22)10-16(13(3)4)19(20)23/h12-16H,5-11H2,1-4H3. The highest BCUT2D eigenvalue weighted by atomic mass is 16.2. The van der Waals surface area contributed by atoms with Gasteiger partial charge in [0.25, 0.3) is 0 Å². The Morgan fingerprint density at radius 1 is 1.09 bits per heavy atom. The van der Waals surface area contributed by atoms with Gasteiger partial charge in [-0.15, -0.1) is 0 Å². The van der Waals surface area contributed by atoms with Crippen molar-refractivity contribution < 1.29 is 14.4 Å². The lowest BCUT2D eigenvalue weighted by atomic mass is 9.78. The fourth-order valence-electron chi connectivity index (χ4n) is 3.92. The van der Waals surface area contributed by atoms with Crippen LogP contribution in [0.25, 0.3) is 0 Å². The molecule has 2 amide bonds. The van der Waals surface area contributed by atoms with Crippen LogP contribution in [0.1, 0.15) is 66.2 Å². The first-order valence-electron chi connectivity index (χ1n) is 9.16. The topological polar surface area (TPSA) is 54.5 Å². The molecule has 1 aliphatic carbocycles. The minimum absolute atomic E-state index is 0.00768. The van der Waals surface area contributed by atoms with Crippen molar-refractivity contribution in [3.63, 3.8) is 0 Å². The lowest BCUT2D eigenvalue weighted by Gasteiger charge is -2.30. The molecule has 2 rings (SSSR count). The van der Waals surface area contributed by atoms with Crippen LogP contribution in [0.4, 0.5) is 0 Å². The molecule has 2 fully saturated rings. The minimum Gasteiger partial charge on any atom is -0.299 e. The average molecular weight is 321 g/mol. The zero-order chi connectivity index (χ0) is 17.1. The monoisotopic (exact) mass is 321 g/mol. The quantitative estimate of drug-likeness (QED) is 0.704. The van der Waals surface area contributed by atoms with E-state index in [1.165, 1.54) is 4.90 Å². The van der Waals surface area contributed by atoms with Crippen molar-refractivity contribution in [2.45, 2.75) is 66.2 Å². The van der Waals surface area contributed by atoms with Gasteiger partial charge in [-0.2, -0.15) is 0 Å². The third-order valence-corrected chi connectivity index (χ3v) is 5.44. The lowest BCUT2D eigenvalue weighted by molar-refractivity contribution is -0.141. The number of hydrogen-bond donors (Lipinski definition) is 0. The van der Waals surface area contributed by atoms with Crippen molar-refractivity contribution in [3.8, 4) is 0 Å². The molecule has 0 radical (unpaired) electrons. The molecular weight excluding hydrogens is 290 g/mol. The molecular formula is C19H31NO3. The molecule has 4 heteroatoms. The number of rotatable bonds is 6. The Morgan fingerprint density at radius 3 is 2.17 bits per heavy atom. The predicted molar refractivity (Wildman–Crippen MR) is 89.6 cm³/mol. The van der Waals surface area contributed by atoms with Crippen LogP contribution < -0.4 is 0 Å². The van der Waals surface area contributed by atoms with Gasteiger partial charge < -0.3 is 0 Å². The summed E-state index contributed by atoms with van der Waals surface area (Å²) in [6, 6.07) is 0. The maximum absolute atomic E-state index is 12.4. The van der Waals surface area contributed by atoms with Gasteiger partial charge in [-0.05, 0) is 43.4 Å². The SMILES string of the molecule is CC(C)CC(=O)C1CCC(CN2C(=O)CC(C(C)C)C2=O)CC1. The van der Waals surface area contributed by atoms with Crippen LogP contribution in [0.5, 0.6) is 0 Å². The van der Waals surface area contributed by atoms with Gasteiger partial charge in [0, 0.05) is 31.2 Å². The number of nitrogens with zero attached hydrogens (tertiary/aromatic N) is 1. The molecule has 0 aromatic rings. The molecule has 0 N–H and O–H groups in total. The molecule has 1 unspecified atom stereocenters. The fourth-order valence-corrected chi connectivity index (χ4v) is 3.92. The summed E-state index contributed by atoms with van der Waals surface area (Å²) < 4.78 is 0. The van der Waals surface area contributed by atoms with Crippen LogP contribution >= 0.6 is 0 Å². The summed E-state index contributed by atoms with van der Waals surface area (Å²) in [5.41, 5.74) is 0. The maximum Gasteiger partial charge on any atom is 0.233 e. The molecule has 4 nitrogen and oxygen atoms in total. The normalized spacial score (nSPS) is 29.0. The molecule has 1 saturated heterocycles. The molecule has 1 aliphatic heterocycles. The smallest absolute Gasteiger partial charge is 0.233 e. The zero-order valence-corrected chi connectivity index (χ0v) is 15.0. The first-order valence-corrected chi connectivity index (χ1v) is 9.16. The second-order valence-corrected chi connectivity index (χ2v) is 8.18. The Bertz CT molecular complexity index is 461. The minimum atomic E-state index is -0.133. The van der Waals surface area contributed by atoms with Crippen molar-refractivity contribution in [1.29, 1.82) is 0 Å². The number of imide groups is 1. The van der Waals surface area contributed by atoms with Gasteiger partial charge in [0.05, 0.1) is 0 Å². The van der Waals surface area contributed by atoms with Gasteiger partial charge in [-0.25, -0.2) is 0 Å². The Labute approximate surface area is 140 Å². The first-order chi connectivity index (χ1) is 10.8. The summed E-state index contributed by atoms with van der Waals surface area (Å²) in [5.74, 6) is 1.49. The number of Topliss-reactive ketones (excluding diaryl/α,β-unsaturated/α-hetero) is 1. The van der Waals surface area contributed by atoms with Crippen molar-refractivity contribution in [2.24, 2.45) is 29.6 Å². The third-order valence-electron chi connectivity index (χ3n) is 5.44. The van der Waals surface area contributed by atoms with E-state index < -0.39 is 0 Å². The van der Waals surface area contributed by atoms with Crippen molar-refractivity contribution in [3.05, 3.63) is 0 Å². The lowest BCUT2D eigenvalue weighted by Crippen LogP contribution is -2.37. The Kier molecular flexibility index (Phi) is 5.99. The number of carbonyl (C=O) groups is 3. The highest BCUT2D eigenvalue weighted by Gasteiger charge is 2.41. The van der Waals surface area contributed by atoms with Crippen LogP contribution in [0.15, 0.2) is 0 Å². The van der Waals surface area contributed by atoms with E-state index >= 15 is 0 Å². The van der Waals surface area contributed by atoms with Crippen molar-refractivity contribution >= 4 is 17.6 Å². The van der Waals surface area contributed by atoms with E-state index in [0.29, 0.717) is 37.0 Å². The number of likely N-dealkylation sites (tertiary alicyclic amines) is 1. The van der Waals surface area contributed by atoms with Crippen LogP contribution in [0, 0.1) is 29.6 Å². The Morgan fingerprint density at radius 2 is 1.70 bits per heavy atom. The predicted octanol–water partition coefficient (Wildman–Crippen LogP) is 3.44. The Hall–Kier alpha value is -1.19. The first kappa shape index (κ1) is 18.2. The summed E-state index contributed by atoms with van der Waals surface area (Å²) in [6.07, 6.45) is 4.79. The molecule has 23 heavy (non-hydrogen) atoms. The van der Waals surface area contributed by atoms with Gasteiger partial charge >= 0.3 is 0 Å². The van der Waals surface area contributed by atoms with Gasteiger partial charge in [-0.1, -0.05) is 27.7 Å². The second kappa shape index (κ2) is 7.59. The van der Waals surface area contributed by atoms with Gasteiger partial charge in [0.2, 0.25) is 11.8 Å². The summed E-state index contributed by atoms with van der Waals surface area (Å²) >= 11 is 0. The number of amides is 2. The molecule has 1 heterocycles. The molecule has 130 valence electrons. The number of hydrogen-bond acceptors (Lipinski definition) is 3. The number of carbonyl (C=O) groups excluding carboxylic acids is 3. The van der Waals surface area contributed by atoms with Crippen molar-refractivity contribution in [1.82, 2.24) is 4.90 Å². The summed E-state index contributed by atoms with van der Waals surface area (Å²) in [4.78, 5) is 38.1. The van der Waals surface area contributed by atoms with Crippen molar-refractivity contribution in [2.75, 3.05) is 6.54 Å². The van der Waals surface area contributed by atoms with E-state index in [0.717, 1.165) is 25.7 Å². The van der Waals surface area contributed by atoms with E-state index in [1.807, 2.05) is 13.8 Å². The van der Waals surface area contributed by atoms with E-state index in [9.17, 15) is 14.4 Å². The summed E-state index contributed by atoms with van der Waals surface area (Å²) in [5, 5.41) is 0. The molecule has 0 aromatic heterocycles. The van der Waals surface area contributed by atoms with Crippen LogP contribution in [0.3, 0.4) is 0 Å².